The maximum Gasteiger partial charge on any atom is 0.326 e. The fourth-order valence-corrected chi connectivity index (χ4v) is 3.46. The number of aliphatic imine (C=N–C) groups is 1. The molecule has 17 nitrogen and oxygen atoms in total. The van der Waals surface area contributed by atoms with Gasteiger partial charge >= 0.3 is 17.9 Å². The highest BCUT2D eigenvalue weighted by Crippen LogP contribution is 2.12. The average molecular weight is 582 g/mol. The molecule has 13 N–H and O–H groups in total. The van der Waals surface area contributed by atoms with Crippen molar-refractivity contribution in [3.8, 4) is 5.75 Å². The molecule has 1 aromatic carbocycles. The van der Waals surface area contributed by atoms with Gasteiger partial charge in [0.25, 0.3) is 0 Å². The number of nitrogens with two attached hydrogens (primary N) is 3. The van der Waals surface area contributed by atoms with E-state index in [1.807, 2.05) is 0 Å². The van der Waals surface area contributed by atoms with E-state index < -0.39 is 72.6 Å². The molecule has 1 aromatic rings. The van der Waals surface area contributed by atoms with Gasteiger partial charge in [0.05, 0.1) is 12.5 Å². The molecule has 4 atom stereocenters. The number of nitrogens with zero attached hydrogens (tertiary/aromatic N) is 1. The first-order valence-corrected chi connectivity index (χ1v) is 12.4. The number of carbonyl (C=O) groups excluding carboxylic acids is 3. The van der Waals surface area contributed by atoms with Crippen molar-refractivity contribution in [1.82, 2.24) is 16.0 Å². The molecule has 0 fully saturated rings. The van der Waals surface area contributed by atoms with E-state index in [9.17, 15) is 44.1 Å². The number of carboxylic acid groups (broad SMARTS) is 3. The summed E-state index contributed by atoms with van der Waals surface area (Å²) in [6.45, 7) is 0.0739. The van der Waals surface area contributed by atoms with Gasteiger partial charge in [-0.1, -0.05) is 12.1 Å². The average Bonchev–Trinajstić information content (AvgIpc) is 2.88. The molecule has 0 aliphatic rings. The summed E-state index contributed by atoms with van der Waals surface area (Å²) in [5.74, 6) is -7.36. The number of benzene rings is 1. The minimum Gasteiger partial charge on any atom is -0.508 e. The summed E-state index contributed by atoms with van der Waals surface area (Å²) in [6, 6.07) is -0.351. The molecule has 1 rings (SSSR count). The monoisotopic (exact) mass is 581 g/mol. The molecule has 0 bridgehead atoms. The third kappa shape index (κ3) is 13.6. The van der Waals surface area contributed by atoms with Crippen LogP contribution in [0.5, 0.6) is 5.75 Å². The lowest BCUT2D eigenvalue weighted by molar-refractivity contribution is -0.144. The number of hydrogen-bond acceptors (Lipinski definition) is 9. The molecule has 0 heterocycles. The zero-order valence-electron chi connectivity index (χ0n) is 22.0. The van der Waals surface area contributed by atoms with E-state index in [4.69, 9.17) is 22.3 Å². The lowest BCUT2D eigenvalue weighted by Gasteiger charge is -2.24. The predicted octanol–water partition coefficient (Wildman–Crippen LogP) is -2.81. The standard InChI is InChI=1S/C24H35N7O10/c25-14(7-8-18(33)34)20(37)30-16(10-12-3-5-13(32)6-4-12)21(38)31-17(11-19(35)36)22(39)29-15(23(40)41)2-1-9-28-24(26)27/h3-6,14-17,32H,1-2,7-11,25H2,(H,29,39)(H,30,37)(H,31,38)(H,33,34)(H,35,36)(H,40,41)(H4,26,27,28). The van der Waals surface area contributed by atoms with Crippen molar-refractivity contribution in [3.05, 3.63) is 29.8 Å². The quantitative estimate of drug-likeness (QED) is 0.0476. The van der Waals surface area contributed by atoms with Gasteiger partial charge in [-0.05, 0) is 37.0 Å². The van der Waals surface area contributed by atoms with E-state index in [1.54, 1.807) is 0 Å². The van der Waals surface area contributed by atoms with Crippen molar-refractivity contribution < 1.29 is 49.2 Å². The third-order valence-corrected chi connectivity index (χ3v) is 5.59. The number of rotatable bonds is 18. The Balaban J connectivity index is 3.10. The van der Waals surface area contributed by atoms with Crippen molar-refractivity contribution in [1.29, 1.82) is 0 Å². The van der Waals surface area contributed by atoms with E-state index in [2.05, 4.69) is 20.9 Å². The number of hydrogen-bond donors (Lipinski definition) is 10. The van der Waals surface area contributed by atoms with Crippen LogP contribution in [0, 0.1) is 0 Å². The number of carbonyl (C=O) groups is 6. The molecule has 0 aliphatic heterocycles. The summed E-state index contributed by atoms with van der Waals surface area (Å²) in [5.41, 5.74) is 16.6. The highest BCUT2D eigenvalue weighted by Gasteiger charge is 2.31. The number of carboxylic acids is 3. The molecule has 0 saturated carbocycles. The van der Waals surface area contributed by atoms with Gasteiger partial charge < -0.3 is 53.6 Å². The van der Waals surface area contributed by atoms with Crippen LogP contribution < -0.4 is 33.2 Å². The van der Waals surface area contributed by atoms with Crippen LogP contribution in [-0.2, 0) is 35.2 Å². The Morgan fingerprint density at radius 2 is 1.34 bits per heavy atom. The topological polar surface area (TPSA) is 310 Å². The van der Waals surface area contributed by atoms with Gasteiger partial charge in [-0.25, -0.2) is 4.79 Å². The maximum absolute atomic E-state index is 13.2. The Labute approximate surface area is 234 Å². The van der Waals surface area contributed by atoms with Crippen LogP contribution in [0.1, 0.15) is 37.7 Å². The zero-order valence-corrected chi connectivity index (χ0v) is 22.0. The summed E-state index contributed by atoms with van der Waals surface area (Å²) in [5, 5.41) is 43.9. The van der Waals surface area contributed by atoms with E-state index in [0.29, 0.717) is 5.56 Å². The second kappa shape index (κ2) is 16.9. The van der Waals surface area contributed by atoms with Crippen molar-refractivity contribution >= 4 is 41.6 Å². The number of aliphatic carboxylic acids is 3. The Hall–Kier alpha value is -4.93. The lowest BCUT2D eigenvalue weighted by atomic mass is 10.0. The Morgan fingerprint density at radius 3 is 1.88 bits per heavy atom. The molecule has 0 aliphatic carbocycles. The van der Waals surface area contributed by atoms with Gasteiger partial charge in [0, 0.05) is 19.4 Å². The fraction of sp³-hybridized carbons (Fsp3) is 0.458. The Bertz CT molecular complexity index is 1120. The van der Waals surface area contributed by atoms with Gasteiger partial charge in [0.1, 0.15) is 23.9 Å². The molecule has 0 radical (unpaired) electrons. The third-order valence-electron chi connectivity index (χ3n) is 5.59. The molecule has 0 spiro atoms. The van der Waals surface area contributed by atoms with Crippen molar-refractivity contribution in [2.75, 3.05) is 6.54 Å². The van der Waals surface area contributed by atoms with Crippen LogP contribution in [0.3, 0.4) is 0 Å². The smallest absolute Gasteiger partial charge is 0.326 e. The van der Waals surface area contributed by atoms with Gasteiger partial charge in [-0.2, -0.15) is 0 Å². The number of aromatic hydroxyl groups is 1. The number of amides is 3. The Kier molecular flexibility index (Phi) is 14.1. The van der Waals surface area contributed by atoms with Gasteiger partial charge in [0.2, 0.25) is 17.7 Å². The van der Waals surface area contributed by atoms with Crippen LogP contribution in [-0.4, -0.2) is 92.7 Å². The van der Waals surface area contributed by atoms with Crippen molar-refractivity contribution in [2.45, 2.75) is 62.7 Å². The van der Waals surface area contributed by atoms with Gasteiger partial charge in [-0.15, -0.1) is 0 Å². The molecule has 0 aromatic heterocycles. The summed E-state index contributed by atoms with van der Waals surface area (Å²) in [4.78, 5) is 76.2. The normalized spacial score (nSPS) is 13.5. The minimum absolute atomic E-state index is 0.0704. The molecule has 17 heteroatoms. The van der Waals surface area contributed by atoms with Gasteiger partial charge in [0.15, 0.2) is 5.96 Å². The van der Waals surface area contributed by atoms with Crippen LogP contribution >= 0.6 is 0 Å². The summed E-state index contributed by atoms with van der Waals surface area (Å²) in [7, 11) is 0. The van der Waals surface area contributed by atoms with Crippen molar-refractivity contribution in [2.24, 2.45) is 22.2 Å². The molecule has 3 amide bonds. The first kappa shape index (κ1) is 34.1. The van der Waals surface area contributed by atoms with Crippen LogP contribution in [0.4, 0.5) is 0 Å². The molecular formula is C24H35N7O10. The summed E-state index contributed by atoms with van der Waals surface area (Å²) >= 11 is 0. The minimum atomic E-state index is -1.74. The van der Waals surface area contributed by atoms with Crippen molar-refractivity contribution in [3.63, 3.8) is 0 Å². The summed E-state index contributed by atoms with van der Waals surface area (Å²) in [6.07, 6.45) is -1.71. The fourth-order valence-electron chi connectivity index (χ4n) is 3.46. The molecule has 0 saturated heterocycles. The number of nitrogens with one attached hydrogen (secondary N) is 3. The number of phenols is 1. The van der Waals surface area contributed by atoms with E-state index >= 15 is 0 Å². The van der Waals surface area contributed by atoms with Crippen LogP contribution in [0.25, 0.3) is 0 Å². The zero-order chi connectivity index (χ0) is 31.1. The lowest BCUT2D eigenvalue weighted by Crippen LogP contribution is -2.58. The summed E-state index contributed by atoms with van der Waals surface area (Å²) < 4.78 is 0. The molecule has 4 unspecified atom stereocenters. The highest BCUT2D eigenvalue weighted by atomic mass is 16.4. The SMILES string of the molecule is NC(N)=NCCCC(NC(=O)C(CC(=O)O)NC(=O)C(Cc1ccc(O)cc1)NC(=O)C(N)CCC(=O)O)C(=O)O. The van der Waals surface area contributed by atoms with E-state index in [1.165, 1.54) is 24.3 Å². The Morgan fingerprint density at radius 1 is 0.780 bits per heavy atom. The molecule has 226 valence electrons. The second-order valence-electron chi connectivity index (χ2n) is 8.98. The predicted molar refractivity (Wildman–Crippen MR) is 142 cm³/mol. The number of guanidine groups is 1. The number of phenolic OH excluding ortho intramolecular Hbond substituents is 1. The maximum atomic E-state index is 13.2. The van der Waals surface area contributed by atoms with E-state index in [-0.39, 0.29) is 43.9 Å². The highest BCUT2D eigenvalue weighted by molar-refractivity contribution is 5.95. The second-order valence-corrected chi connectivity index (χ2v) is 8.98. The van der Waals surface area contributed by atoms with Crippen LogP contribution in [0.15, 0.2) is 29.3 Å². The van der Waals surface area contributed by atoms with Gasteiger partial charge in [-0.3, -0.25) is 29.0 Å². The largest absolute Gasteiger partial charge is 0.508 e. The molecular weight excluding hydrogens is 546 g/mol. The van der Waals surface area contributed by atoms with Crippen LogP contribution in [0.2, 0.25) is 0 Å². The molecule has 41 heavy (non-hydrogen) atoms. The first-order valence-electron chi connectivity index (χ1n) is 12.4. The first-order chi connectivity index (χ1) is 19.2. The van der Waals surface area contributed by atoms with E-state index in [0.717, 1.165) is 0 Å².